The Morgan fingerprint density at radius 2 is 1.39 bits per heavy atom. The number of aromatic nitrogens is 1. The molecule has 0 radical (unpaired) electrons. The SMILES string of the molecule is O=C(CC(CCc1ccncc1)C(=O)O)c1ccc(-c2ccc(NC(=O)c3ccc(Cl)c(Cl)c3)cc2)cc1. The number of hydrogen-bond acceptors (Lipinski definition) is 4. The molecule has 1 unspecified atom stereocenters. The molecule has 0 spiro atoms. The number of Topliss-reactive ketones (excluding diaryl/α,β-unsaturated/α-hetero) is 1. The number of hydrogen-bond donors (Lipinski definition) is 2. The number of carboxylic acids is 1. The molecule has 0 aliphatic heterocycles. The summed E-state index contributed by atoms with van der Waals surface area (Å²) in [6.45, 7) is 0. The third-order valence-electron chi connectivity index (χ3n) is 6.18. The van der Waals surface area contributed by atoms with Crippen LogP contribution in [0.3, 0.4) is 0 Å². The van der Waals surface area contributed by atoms with Crippen LogP contribution in [0.2, 0.25) is 10.0 Å². The van der Waals surface area contributed by atoms with Gasteiger partial charge in [0.2, 0.25) is 0 Å². The maximum absolute atomic E-state index is 12.8. The number of halogens is 2. The lowest BCUT2D eigenvalue weighted by Gasteiger charge is -2.12. The van der Waals surface area contributed by atoms with Crippen LogP contribution in [-0.2, 0) is 11.2 Å². The van der Waals surface area contributed by atoms with Crippen LogP contribution in [0, 0.1) is 5.92 Å². The van der Waals surface area contributed by atoms with E-state index < -0.39 is 11.9 Å². The van der Waals surface area contributed by atoms with Crippen LogP contribution in [0.15, 0.2) is 91.3 Å². The number of rotatable bonds is 10. The van der Waals surface area contributed by atoms with Crippen LogP contribution in [0.5, 0.6) is 0 Å². The van der Waals surface area contributed by atoms with Gasteiger partial charge in [0.05, 0.1) is 16.0 Å². The summed E-state index contributed by atoms with van der Waals surface area (Å²) in [6.07, 6.45) is 4.21. The Balaban J connectivity index is 1.36. The molecule has 0 bridgehead atoms. The van der Waals surface area contributed by atoms with Gasteiger partial charge in [0.25, 0.3) is 5.91 Å². The molecule has 0 aliphatic rings. The van der Waals surface area contributed by atoms with Crippen LogP contribution >= 0.6 is 23.2 Å². The molecule has 0 aliphatic carbocycles. The lowest BCUT2D eigenvalue weighted by atomic mass is 9.92. The Morgan fingerprint density at radius 3 is 2.00 bits per heavy atom. The quantitative estimate of drug-likeness (QED) is 0.205. The molecule has 0 saturated carbocycles. The highest BCUT2D eigenvalue weighted by atomic mass is 35.5. The number of nitrogens with zero attached hydrogens (tertiary/aromatic N) is 1. The Morgan fingerprint density at radius 1 is 0.789 bits per heavy atom. The number of carbonyl (C=O) groups is 3. The van der Waals surface area contributed by atoms with Gasteiger partial charge < -0.3 is 10.4 Å². The van der Waals surface area contributed by atoms with Crippen molar-refractivity contribution in [3.05, 3.63) is 118 Å². The molecule has 8 heteroatoms. The summed E-state index contributed by atoms with van der Waals surface area (Å²) in [5.41, 5.74) is 4.25. The van der Waals surface area contributed by atoms with Crippen molar-refractivity contribution in [3.63, 3.8) is 0 Å². The zero-order valence-electron chi connectivity index (χ0n) is 20.2. The van der Waals surface area contributed by atoms with Crippen molar-refractivity contribution in [3.8, 4) is 11.1 Å². The lowest BCUT2D eigenvalue weighted by Crippen LogP contribution is -2.19. The molecule has 2 N–H and O–H groups in total. The van der Waals surface area contributed by atoms with Crippen LogP contribution in [0.4, 0.5) is 5.69 Å². The van der Waals surface area contributed by atoms with Gasteiger partial charge in [-0.05, 0) is 72.0 Å². The van der Waals surface area contributed by atoms with Crippen LogP contribution < -0.4 is 5.32 Å². The highest BCUT2D eigenvalue weighted by Gasteiger charge is 2.22. The second-order valence-electron chi connectivity index (χ2n) is 8.79. The molecule has 1 amide bonds. The molecule has 0 fully saturated rings. The molecule has 6 nitrogen and oxygen atoms in total. The van der Waals surface area contributed by atoms with E-state index in [-0.39, 0.29) is 18.1 Å². The molecule has 3 aromatic carbocycles. The number of pyridine rings is 1. The van der Waals surface area contributed by atoms with E-state index >= 15 is 0 Å². The molecular formula is C30H24Cl2N2O4. The number of carboxylic acid groups (broad SMARTS) is 1. The highest BCUT2D eigenvalue weighted by Crippen LogP contribution is 2.25. The van der Waals surface area contributed by atoms with Gasteiger partial charge in [-0.3, -0.25) is 19.4 Å². The number of amides is 1. The molecule has 1 aromatic heterocycles. The number of ketones is 1. The first-order chi connectivity index (χ1) is 18.3. The predicted octanol–water partition coefficient (Wildman–Crippen LogP) is 7.21. The second-order valence-corrected chi connectivity index (χ2v) is 9.61. The minimum absolute atomic E-state index is 0.0625. The second kappa shape index (κ2) is 12.5. The van der Waals surface area contributed by atoms with Gasteiger partial charge in [-0.25, -0.2) is 0 Å². The maximum Gasteiger partial charge on any atom is 0.306 e. The van der Waals surface area contributed by atoms with Gasteiger partial charge in [0.1, 0.15) is 0 Å². The number of nitrogens with one attached hydrogen (secondary N) is 1. The van der Waals surface area contributed by atoms with E-state index in [0.717, 1.165) is 16.7 Å². The average Bonchev–Trinajstić information content (AvgIpc) is 2.93. The van der Waals surface area contributed by atoms with E-state index in [1.54, 1.807) is 48.8 Å². The molecule has 4 aromatic rings. The first-order valence-corrected chi connectivity index (χ1v) is 12.7. The monoisotopic (exact) mass is 546 g/mol. The summed E-state index contributed by atoms with van der Waals surface area (Å²) >= 11 is 11.9. The smallest absolute Gasteiger partial charge is 0.306 e. The van der Waals surface area contributed by atoms with Crippen LogP contribution in [-0.4, -0.2) is 27.8 Å². The van der Waals surface area contributed by atoms with E-state index in [2.05, 4.69) is 10.3 Å². The van der Waals surface area contributed by atoms with Crippen LogP contribution in [0.25, 0.3) is 11.1 Å². The third-order valence-corrected chi connectivity index (χ3v) is 6.92. The first kappa shape index (κ1) is 27.0. The maximum atomic E-state index is 12.8. The fraction of sp³-hybridized carbons (Fsp3) is 0.133. The largest absolute Gasteiger partial charge is 0.481 e. The van der Waals surface area contributed by atoms with E-state index in [1.165, 1.54) is 6.07 Å². The van der Waals surface area contributed by atoms with Crippen molar-refractivity contribution in [1.29, 1.82) is 0 Å². The molecular weight excluding hydrogens is 523 g/mol. The Labute approximate surface area is 230 Å². The van der Waals surface area contributed by atoms with Gasteiger partial charge in [-0.15, -0.1) is 0 Å². The normalized spacial score (nSPS) is 11.5. The van der Waals surface area contributed by atoms with Crippen molar-refractivity contribution in [2.45, 2.75) is 19.3 Å². The van der Waals surface area contributed by atoms with Crippen LogP contribution in [0.1, 0.15) is 39.1 Å². The van der Waals surface area contributed by atoms with E-state index in [1.807, 2.05) is 36.4 Å². The number of aryl methyl sites for hydroxylation is 1. The van der Waals surface area contributed by atoms with Gasteiger partial charge in [0, 0.05) is 35.6 Å². The average molecular weight is 547 g/mol. The van der Waals surface area contributed by atoms with Gasteiger partial charge in [0.15, 0.2) is 5.78 Å². The summed E-state index contributed by atoms with van der Waals surface area (Å²) in [5, 5.41) is 13.1. The third kappa shape index (κ3) is 7.06. The summed E-state index contributed by atoms with van der Waals surface area (Å²) in [7, 11) is 0. The molecule has 192 valence electrons. The van der Waals surface area contributed by atoms with Gasteiger partial charge >= 0.3 is 5.97 Å². The van der Waals surface area contributed by atoms with Crippen molar-refractivity contribution in [2.75, 3.05) is 5.32 Å². The van der Waals surface area contributed by atoms with Gasteiger partial charge in [-0.2, -0.15) is 0 Å². The standard InChI is InChI=1S/C30H24Cl2N2O4/c31-26-12-9-23(17-27(26)32)29(36)34-25-10-7-21(8-11-25)20-3-5-22(6-4-20)28(35)18-24(30(37)38)2-1-19-13-15-33-16-14-19/h3-17,24H,1-2,18H2,(H,34,36)(H,37,38). The molecule has 4 rings (SSSR count). The number of carbonyl (C=O) groups excluding carboxylic acids is 2. The Bertz CT molecular complexity index is 1440. The summed E-state index contributed by atoms with van der Waals surface area (Å²) in [6, 6.07) is 22.7. The van der Waals surface area contributed by atoms with Crippen molar-refractivity contribution < 1.29 is 19.5 Å². The zero-order valence-corrected chi connectivity index (χ0v) is 21.7. The molecule has 1 heterocycles. The lowest BCUT2D eigenvalue weighted by molar-refractivity contribution is -0.141. The number of benzene rings is 3. The van der Waals surface area contributed by atoms with Crippen molar-refractivity contribution in [1.82, 2.24) is 4.98 Å². The fourth-order valence-electron chi connectivity index (χ4n) is 3.98. The Hall–Kier alpha value is -4.00. The zero-order chi connectivity index (χ0) is 27.1. The highest BCUT2D eigenvalue weighted by molar-refractivity contribution is 6.42. The fourth-order valence-corrected chi connectivity index (χ4v) is 4.28. The molecule has 1 atom stereocenters. The summed E-state index contributed by atoms with van der Waals surface area (Å²) < 4.78 is 0. The van der Waals surface area contributed by atoms with E-state index in [9.17, 15) is 19.5 Å². The number of anilines is 1. The Kier molecular flexibility index (Phi) is 8.89. The molecule has 38 heavy (non-hydrogen) atoms. The van der Waals surface area contributed by atoms with Crippen molar-refractivity contribution in [2.24, 2.45) is 5.92 Å². The predicted molar refractivity (Wildman–Crippen MR) is 149 cm³/mol. The first-order valence-electron chi connectivity index (χ1n) is 11.9. The summed E-state index contributed by atoms with van der Waals surface area (Å²) in [4.78, 5) is 41.0. The summed E-state index contributed by atoms with van der Waals surface area (Å²) in [5.74, 6) is -2.25. The van der Waals surface area contributed by atoms with Gasteiger partial charge in [-0.1, -0.05) is 59.6 Å². The number of aliphatic carboxylic acids is 1. The van der Waals surface area contributed by atoms with Crippen molar-refractivity contribution >= 4 is 46.5 Å². The molecule has 0 saturated heterocycles. The van der Waals surface area contributed by atoms with E-state index in [4.69, 9.17) is 23.2 Å². The van der Waals surface area contributed by atoms with E-state index in [0.29, 0.717) is 39.7 Å². The minimum Gasteiger partial charge on any atom is -0.481 e. The minimum atomic E-state index is -0.977. The topological polar surface area (TPSA) is 96.4 Å².